The molecule has 0 amide bonds. The van der Waals surface area contributed by atoms with Crippen molar-refractivity contribution in [1.29, 1.82) is 0 Å². The van der Waals surface area contributed by atoms with Gasteiger partial charge in [-0.25, -0.2) is 0 Å². The molecule has 2 rings (SSSR count). The summed E-state index contributed by atoms with van der Waals surface area (Å²) in [6.07, 6.45) is 3.11. The van der Waals surface area contributed by atoms with Crippen LogP contribution in [0.15, 0.2) is 66.7 Å². The van der Waals surface area contributed by atoms with E-state index in [4.69, 9.17) is 4.84 Å². The molecule has 1 radical (unpaired) electrons. The molecule has 0 aliphatic rings. The number of hydrogen-bond donors (Lipinski definition) is 1. The van der Waals surface area contributed by atoms with E-state index < -0.39 is 5.97 Å². The second-order valence-corrected chi connectivity index (χ2v) is 3.97. The third-order valence-electron chi connectivity index (χ3n) is 2.50. The lowest BCUT2D eigenvalue weighted by molar-refractivity contribution is -0.145. The number of hydrogen-bond acceptors (Lipinski definition) is 3. The van der Waals surface area contributed by atoms with Gasteiger partial charge in [0.1, 0.15) is 0 Å². The number of nitrogens with one attached hydrogen (secondary N) is 1. The molecule has 0 saturated heterocycles. The standard InChI is InChI=1S/C16H15NO2/c18-16(12-11-14-7-3-1-4-8-14)19-17-13-15-9-5-2-6-10-15/h1-12,17H,13H2/q+1/b12-11+. The normalized spacial score (nSPS) is 10.5. The van der Waals surface area contributed by atoms with Crippen molar-refractivity contribution < 1.29 is 9.63 Å². The lowest BCUT2D eigenvalue weighted by Gasteiger charge is -1.95. The summed E-state index contributed by atoms with van der Waals surface area (Å²) in [5.41, 5.74) is 4.66. The molecule has 0 fully saturated rings. The van der Waals surface area contributed by atoms with Gasteiger partial charge in [-0.05, 0) is 22.7 Å². The molecule has 0 bridgehead atoms. The van der Waals surface area contributed by atoms with E-state index in [-0.39, 0.29) is 0 Å². The lowest BCUT2D eigenvalue weighted by atomic mass is 10.2. The Hall–Kier alpha value is -2.39. The zero-order valence-corrected chi connectivity index (χ0v) is 10.5. The lowest BCUT2D eigenvalue weighted by Crippen LogP contribution is -2.17. The molecular weight excluding hydrogens is 238 g/mol. The summed E-state index contributed by atoms with van der Waals surface area (Å²) >= 11 is 0. The van der Waals surface area contributed by atoms with Gasteiger partial charge in [0, 0.05) is 0 Å². The molecule has 0 aliphatic heterocycles. The summed E-state index contributed by atoms with van der Waals surface area (Å²) in [6.45, 7) is 0.492. The summed E-state index contributed by atoms with van der Waals surface area (Å²) in [7, 11) is 0. The van der Waals surface area contributed by atoms with E-state index in [9.17, 15) is 4.79 Å². The Morgan fingerprint density at radius 2 is 1.63 bits per heavy atom. The highest BCUT2D eigenvalue weighted by atomic mass is 16.7. The summed E-state index contributed by atoms with van der Waals surface area (Å²) in [4.78, 5) is 16.3. The smallest absolute Gasteiger partial charge is 0.195 e. The van der Waals surface area contributed by atoms with Crippen molar-refractivity contribution in [1.82, 2.24) is 5.48 Å². The molecule has 2 aromatic carbocycles. The third-order valence-corrected chi connectivity index (χ3v) is 2.50. The number of hydroxylamine groups is 1. The van der Waals surface area contributed by atoms with Crippen LogP contribution < -0.4 is 5.48 Å². The van der Waals surface area contributed by atoms with Crippen LogP contribution >= 0.6 is 0 Å². The van der Waals surface area contributed by atoms with Crippen LogP contribution in [0.3, 0.4) is 0 Å². The van der Waals surface area contributed by atoms with Gasteiger partial charge in [0.25, 0.3) is 0 Å². The highest BCUT2D eigenvalue weighted by Gasteiger charge is 2.11. The van der Waals surface area contributed by atoms with Crippen LogP contribution in [0.5, 0.6) is 0 Å². The molecule has 3 heteroatoms. The van der Waals surface area contributed by atoms with Gasteiger partial charge in [0.05, 0.1) is 17.4 Å². The van der Waals surface area contributed by atoms with Crippen LogP contribution in [0.1, 0.15) is 11.1 Å². The predicted octanol–water partition coefficient (Wildman–Crippen LogP) is 2.95. The van der Waals surface area contributed by atoms with Crippen molar-refractivity contribution in [2.24, 2.45) is 0 Å². The number of carbonyl (C=O) groups is 1. The Morgan fingerprint density at radius 3 is 2.32 bits per heavy atom. The molecule has 0 unspecified atom stereocenters. The summed E-state index contributed by atoms with van der Waals surface area (Å²) in [6, 6.07) is 19.3. The molecule has 0 heterocycles. The van der Waals surface area contributed by atoms with Crippen molar-refractivity contribution in [2.45, 2.75) is 6.54 Å². The minimum atomic E-state index is -0.417. The summed E-state index contributed by atoms with van der Waals surface area (Å²) in [5, 5.41) is 0. The fourth-order valence-electron chi connectivity index (χ4n) is 1.55. The number of carbonyl (C=O) groups excluding carboxylic acids is 1. The van der Waals surface area contributed by atoms with Crippen LogP contribution in [0, 0.1) is 0 Å². The van der Waals surface area contributed by atoms with Crippen LogP contribution in [-0.2, 0) is 16.2 Å². The molecule has 0 spiro atoms. The maximum atomic E-state index is 11.4. The van der Waals surface area contributed by atoms with E-state index in [0.29, 0.717) is 6.54 Å². The second-order valence-electron chi connectivity index (χ2n) is 3.97. The Morgan fingerprint density at radius 1 is 1.00 bits per heavy atom. The van der Waals surface area contributed by atoms with E-state index in [1.165, 1.54) is 6.08 Å². The zero-order valence-electron chi connectivity index (χ0n) is 10.5. The minimum absolute atomic E-state index is 0.417. The first-order valence-electron chi connectivity index (χ1n) is 6.05. The van der Waals surface area contributed by atoms with Crippen LogP contribution in [0.2, 0.25) is 0 Å². The van der Waals surface area contributed by atoms with E-state index >= 15 is 0 Å². The first kappa shape index (κ1) is 13.1. The van der Waals surface area contributed by atoms with Crippen molar-refractivity contribution in [3.63, 3.8) is 0 Å². The number of benzene rings is 2. The topological polar surface area (TPSA) is 41.2 Å². The average molecular weight is 253 g/mol. The maximum Gasteiger partial charge on any atom is 0.623 e. The summed E-state index contributed by atoms with van der Waals surface area (Å²) < 4.78 is 0. The molecule has 19 heavy (non-hydrogen) atoms. The van der Waals surface area contributed by atoms with Gasteiger partial charge in [-0.15, -0.1) is 0 Å². The molecule has 0 aromatic heterocycles. The number of rotatable bonds is 5. The highest BCUT2D eigenvalue weighted by Crippen LogP contribution is 2.01. The van der Waals surface area contributed by atoms with E-state index in [2.05, 4.69) is 5.48 Å². The molecule has 0 atom stereocenters. The fraction of sp³-hybridized carbons (Fsp3) is 0.0625. The first-order valence-corrected chi connectivity index (χ1v) is 6.05. The van der Waals surface area contributed by atoms with Crippen LogP contribution in [-0.4, -0.2) is 5.97 Å². The first-order chi connectivity index (χ1) is 9.34. The Kier molecular flexibility index (Phi) is 4.90. The SMILES string of the molecule is [O+]=C(/C=C/c1ccccc1)ONCc1ccccc1. The second kappa shape index (κ2) is 7.13. The molecule has 0 saturated carbocycles. The molecule has 1 N–H and O–H groups in total. The maximum absolute atomic E-state index is 11.4. The van der Waals surface area contributed by atoms with E-state index in [1.807, 2.05) is 60.7 Å². The third kappa shape index (κ3) is 4.77. The summed E-state index contributed by atoms with van der Waals surface area (Å²) in [5.74, 6) is -0.417. The highest BCUT2D eigenvalue weighted by molar-refractivity contribution is 5.86. The predicted molar refractivity (Wildman–Crippen MR) is 74.8 cm³/mol. The molecule has 95 valence electrons. The van der Waals surface area contributed by atoms with Crippen LogP contribution in [0.25, 0.3) is 6.08 Å². The van der Waals surface area contributed by atoms with Gasteiger partial charge in [0.2, 0.25) is 0 Å². The monoisotopic (exact) mass is 253 g/mol. The van der Waals surface area contributed by atoms with Gasteiger partial charge in [-0.3, -0.25) is 0 Å². The quantitative estimate of drug-likeness (QED) is 0.506. The van der Waals surface area contributed by atoms with Gasteiger partial charge in [-0.1, -0.05) is 60.7 Å². The Labute approximate surface area is 112 Å². The van der Waals surface area contributed by atoms with E-state index in [0.717, 1.165) is 11.1 Å². The van der Waals surface area contributed by atoms with Crippen molar-refractivity contribution in [3.8, 4) is 0 Å². The average Bonchev–Trinajstić information content (AvgIpc) is 2.47. The van der Waals surface area contributed by atoms with Crippen molar-refractivity contribution in [2.75, 3.05) is 0 Å². The van der Waals surface area contributed by atoms with Gasteiger partial charge >= 0.3 is 5.97 Å². The molecule has 2 aromatic rings. The Bertz CT molecular complexity index is 535. The van der Waals surface area contributed by atoms with Gasteiger partial charge < -0.3 is 0 Å². The molecule has 3 nitrogen and oxygen atoms in total. The van der Waals surface area contributed by atoms with Crippen LogP contribution in [0.4, 0.5) is 0 Å². The van der Waals surface area contributed by atoms with E-state index in [1.54, 1.807) is 6.08 Å². The Balaban J connectivity index is 1.75. The molecule has 0 aliphatic carbocycles. The van der Waals surface area contributed by atoms with Gasteiger partial charge in [0.15, 0.2) is 0 Å². The minimum Gasteiger partial charge on any atom is -0.195 e. The molecular formula is C16H15NO2+. The van der Waals surface area contributed by atoms with Gasteiger partial charge in [-0.2, -0.15) is 4.84 Å². The van der Waals surface area contributed by atoms with Crippen molar-refractivity contribution in [3.05, 3.63) is 77.9 Å². The zero-order chi connectivity index (χ0) is 13.3. The largest absolute Gasteiger partial charge is 0.623 e. The van der Waals surface area contributed by atoms with Crippen molar-refractivity contribution >= 4 is 12.0 Å². The fourth-order valence-corrected chi connectivity index (χ4v) is 1.55.